The molecule has 1 amide bonds. The van der Waals surface area contributed by atoms with E-state index in [1.54, 1.807) is 41.0 Å². The summed E-state index contributed by atoms with van der Waals surface area (Å²) < 4.78 is 1.65. The van der Waals surface area contributed by atoms with Gasteiger partial charge in [0.1, 0.15) is 0 Å². The summed E-state index contributed by atoms with van der Waals surface area (Å²) in [7, 11) is 0. The van der Waals surface area contributed by atoms with E-state index in [9.17, 15) is 9.90 Å². The third-order valence-electron chi connectivity index (χ3n) is 2.90. The van der Waals surface area contributed by atoms with Crippen LogP contribution in [0, 0.1) is 0 Å². The van der Waals surface area contributed by atoms with E-state index in [0.717, 1.165) is 4.88 Å². The molecular weight excluding hydrogens is 288 g/mol. The highest BCUT2D eigenvalue weighted by Crippen LogP contribution is 2.11. The van der Waals surface area contributed by atoms with Crippen LogP contribution in [0.2, 0.25) is 0 Å². The quantitative estimate of drug-likeness (QED) is 0.880. The van der Waals surface area contributed by atoms with Crippen molar-refractivity contribution in [2.45, 2.75) is 32.9 Å². The Morgan fingerprint density at radius 3 is 2.86 bits per heavy atom. The fourth-order valence-corrected chi connectivity index (χ4v) is 2.69. The molecule has 0 saturated carbocycles. The largest absolute Gasteiger partial charge is 0.389 e. The molecule has 0 radical (unpaired) electrons. The van der Waals surface area contributed by atoms with Gasteiger partial charge in [0.2, 0.25) is 0 Å². The first-order valence-electron chi connectivity index (χ1n) is 6.83. The predicted molar refractivity (Wildman–Crippen MR) is 81.3 cm³/mol. The second kappa shape index (κ2) is 6.36. The lowest BCUT2D eigenvalue weighted by molar-refractivity contribution is 0.0311. The SMILES string of the molecule is CCN(CC(C)(C)O)C(=O)c1cn(Cc2cccs2)nn1. The van der Waals surface area contributed by atoms with Gasteiger partial charge in [0, 0.05) is 18.0 Å². The molecule has 2 aromatic heterocycles. The zero-order valence-corrected chi connectivity index (χ0v) is 13.3. The predicted octanol–water partition coefficient (Wildman–Crippen LogP) is 1.62. The maximum atomic E-state index is 12.4. The van der Waals surface area contributed by atoms with Crippen molar-refractivity contribution in [3.63, 3.8) is 0 Å². The lowest BCUT2D eigenvalue weighted by atomic mass is 10.1. The first kappa shape index (κ1) is 15.7. The Hall–Kier alpha value is -1.73. The molecule has 114 valence electrons. The highest BCUT2D eigenvalue weighted by Gasteiger charge is 2.24. The third-order valence-corrected chi connectivity index (χ3v) is 3.76. The van der Waals surface area contributed by atoms with Crippen LogP contribution in [0.3, 0.4) is 0 Å². The molecule has 0 aliphatic rings. The molecule has 0 spiro atoms. The van der Waals surface area contributed by atoms with Crippen molar-refractivity contribution in [3.8, 4) is 0 Å². The molecule has 0 saturated heterocycles. The molecule has 1 N–H and O–H groups in total. The van der Waals surface area contributed by atoms with Crippen LogP contribution in [0.1, 0.15) is 36.1 Å². The molecule has 6 nitrogen and oxygen atoms in total. The number of aromatic nitrogens is 3. The topological polar surface area (TPSA) is 71.2 Å². The smallest absolute Gasteiger partial charge is 0.276 e. The van der Waals surface area contributed by atoms with Crippen LogP contribution in [-0.2, 0) is 6.54 Å². The van der Waals surface area contributed by atoms with Gasteiger partial charge >= 0.3 is 0 Å². The van der Waals surface area contributed by atoms with Gasteiger partial charge < -0.3 is 10.0 Å². The van der Waals surface area contributed by atoms with Crippen molar-refractivity contribution >= 4 is 17.2 Å². The number of carbonyl (C=O) groups is 1. The number of rotatable bonds is 6. The summed E-state index contributed by atoms with van der Waals surface area (Å²) in [6.07, 6.45) is 1.65. The molecule has 0 bridgehead atoms. The molecule has 0 fully saturated rings. The highest BCUT2D eigenvalue weighted by atomic mass is 32.1. The average Bonchev–Trinajstić information content (AvgIpc) is 3.06. The molecule has 0 aliphatic carbocycles. The van der Waals surface area contributed by atoms with Crippen molar-refractivity contribution in [3.05, 3.63) is 34.3 Å². The van der Waals surface area contributed by atoms with Gasteiger partial charge in [0.15, 0.2) is 5.69 Å². The van der Waals surface area contributed by atoms with Crippen molar-refractivity contribution in [1.82, 2.24) is 19.9 Å². The van der Waals surface area contributed by atoms with E-state index in [1.807, 2.05) is 24.4 Å². The summed E-state index contributed by atoms with van der Waals surface area (Å²) >= 11 is 1.64. The number of likely N-dealkylation sites (N-methyl/N-ethyl adjacent to an activating group) is 1. The van der Waals surface area contributed by atoms with Crippen LogP contribution in [0.25, 0.3) is 0 Å². The second-order valence-corrected chi connectivity index (χ2v) is 6.54. The van der Waals surface area contributed by atoms with E-state index < -0.39 is 5.60 Å². The fourth-order valence-electron chi connectivity index (χ4n) is 1.99. The molecule has 0 atom stereocenters. The summed E-state index contributed by atoms with van der Waals surface area (Å²) in [5, 5.41) is 19.8. The Balaban J connectivity index is 2.07. The van der Waals surface area contributed by atoms with E-state index >= 15 is 0 Å². The zero-order valence-electron chi connectivity index (χ0n) is 12.5. The van der Waals surface area contributed by atoms with Crippen molar-refractivity contribution in [1.29, 1.82) is 0 Å². The first-order valence-corrected chi connectivity index (χ1v) is 7.71. The minimum Gasteiger partial charge on any atom is -0.389 e. The molecule has 0 aliphatic heterocycles. The maximum Gasteiger partial charge on any atom is 0.276 e. The Labute approximate surface area is 128 Å². The number of carbonyl (C=O) groups excluding carboxylic acids is 1. The Bertz CT molecular complexity index is 586. The number of hydrogen-bond donors (Lipinski definition) is 1. The summed E-state index contributed by atoms with van der Waals surface area (Å²) in [6.45, 7) is 6.61. The van der Waals surface area contributed by atoms with Gasteiger partial charge in [-0.25, -0.2) is 4.68 Å². The van der Waals surface area contributed by atoms with Gasteiger partial charge in [-0.05, 0) is 32.2 Å². The first-order chi connectivity index (χ1) is 9.89. The van der Waals surface area contributed by atoms with E-state index in [4.69, 9.17) is 0 Å². The second-order valence-electron chi connectivity index (χ2n) is 5.51. The van der Waals surface area contributed by atoms with Crippen LogP contribution in [0.4, 0.5) is 0 Å². The van der Waals surface area contributed by atoms with Crippen molar-refractivity contribution < 1.29 is 9.90 Å². The molecule has 0 unspecified atom stereocenters. The number of amides is 1. The summed E-state index contributed by atoms with van der Waals surface area (Å²) in [4.78, 5) is 15.1. The van der Waals surface area contributed by atoms with Gasteiger partial charge in [-0.1, -0.05) is 11.3 Å². The van der Waals surface area contributed by atoms with Crippen LogP contribution in [0.5, 0.6) is 0 Å². The summed E-state index contributed by atoms with van der Waals surface area (Å²) in [6, 6.07) is 3.99. The Kier molecular flexibility index (Phi) is 4.74. The minimum atomic E-state index is -0.932. The van der Waals surface area contributed by atoms with Gasteiger partial charge in [0.25, 0.3) is 5.91 Å². The lowest BCUT2D eigenvalue weighted by Crippen LogP contribution is -2.42. The molecular formula is C14H20N4O2S. The third kappa shape index (κ3) is 4.37. The number of hydrogen-bond acceptors (Lipinski definition) is 5. The van der Waals surface area contributed by atoms with E-state index in [2.05, 4.69) is 10.3 Å². The standard InChI is InChI=1S/C14H20N4O2S/c1-4-17(10-14(2,3)20)13(19)12-9-18(16-15-12)8-11-6-5-7-21-11/h5-7,9,20H,4,8,10H2,1-3H3. The zero-order chi connectivity index (χ0) is 15.5. The monoisotopic (exact) mass is 308 g/mol. The highest BCUT2D eigenvalue weighted by molar-refractivity contribution is 7.09. The molecule has 2 rings (SSSR count). The van der Waals surface area contributed by atoms with Gasteiger partial charge in [-0.15, -0.1) is 16.4 Å². The van der Waals surface area contributed by atoms with Gasteiger partial charge in [0.05, 0.1) is 18.3 Å². The Morgan fingerprint density at radius 1 is 1.52 bits per heavy atom. The molecule has 2 heterocycles. The van der Waals surface area contributed by atoms with Crippen LogP contribution < -0.4 is 0 Å². The Morgan fingerprint density at radius 2 is 2.29 bits per heavy atom. The number of nitrogens with zero attached hydrogens (tertiary/aromatic N) is 4. The van der Waals surface area contributed by atoms with Crippen LogP contribution in [-0.4, -0.2) is 49.6 Å². The van der Waals surface area contributed by atoms with Gasteiger partial charge in [-0.2, -0.15) is 0 Å². The summed E-state index contributed by atoms with van der Waals surface area (Å²) in [5.41, 5.74) is -0.629. The normalized spacial score (nSPS) is 11.6. The molecule has 0 aromatic carbocycles. The van der Waals surface area contributed by atoms with E-state index in [-0.39, 0.29) is 12.5 Å². The fraction of sp³-hybridized carbons (Fsp3) is 0.500. The van der Waals surface area contributed by atoms with E-state index in [1.165, 1.54) is 0 Å². The van der Waals surface area contributed by atoms with Crippen LogP contribution >= 0.6 is 11.3 Å². The summed E-state index contributed by atoms with van der Waals surface area (Å²) in [5.74, 6) is -0.211. The lowest BCUT2D eigenvalue weighted by Gasteiger charge is -2.27. The number of aliphatic hydroxyl groups is 1. The number of thiophene rings is 1. The molecule has 2 aromatic rings. The maximum absolute atomic E-state index is 12.4. The molecule has 21 heavy (non-hydrogen) atoms. The van der Waals surface area contributed by atoms with Crippen LogP contribution in [0.15, 0.2) is 23.7 Å². The van der Waals surface area contributed by atoms with E-state index in [0.29, 0.717) is 18.8 Å². The van der Waals surface area contributed by atoms with Crippen molar-refractivity contribution in [2.24, 2.45) is 0 Å². The average molecular weight is 308 g/mol. The minimum absolute atomic E-state index is 0.211. The molecule has 7 heteroatoms. The van der Waals surface area contributed by atoms with Crippen molar-refractivity contribution in [2.75, 3.05) is 13.1 Å². The van der Waals surface area contributed by atoms with Gasteiger partial charge in [-0.3, -0.25) is 4.79 Å².